The molecule has 2 N–H and O–H groups in total. The second-order valence-electron chi connectivity index (χ2n) is 5.88. The maximum absolute atomic E-state index is 12.2. The van der Waals surface area contributed by atoms with Crippen LogP contribution in [0.4, 0.5) is 5.69 Å². The van der Waals surface area contributed by atoms with Gasteiger partial charge in [-0.3, -0.25) is 9.69 Å². The number of methoxy groups -OCH3 is 1. The van der Waals surface area contributed by atoms with Crippen LogP contribution in [-0.2, 0) is 11.3 Å². The van der Waals surface area contributed by atoms with Gasteiger partial charge in [-0.1, -0.05) is 18.2 Å². The van der Waals surface area contributed by atoms with Crippen molar-refractivity contribution in [3.8, 4) is 17.1 Å². The molecular weight excluding hydrogens is 332 g/mol. The largest absolute Gasteiger partial charge is 0.497 e. The van der Waals surface area contributed by atoms with Gasteiger partial charge in [0.1, 0.15) is 5.75 Å². The third-order valence-corrected chi connectivity index (χ3v) is 3.77. The molecule has 1 heterocycles. The average molecular weight is 352 g/mol. The lowest BCUT2D eigenvalue weighted by molar-refractivity contribution is -0.117. The molecule has 0 fully saturated rings. The summed E-state index contributed by atoms with van der Waals surface area (Å²) in [6.07, 6.45) is 0. The van der Waals surface area contributed by atoms with E-state index >= 15 is 0 Å². The van der Waals surface area contributed by atoms with Crippen molar-refractivity contribution >= 4 is 11.6 Å². The molecule has 0 aliphatic rings. The van der Waals surface area contributed by atoms with Crippen molar-refractivity contribution in [2.75, 3.05) is 26.0 Å². The van der Waals surface area contributed by atoms with Crippen LogP contribution >= 0.6 is 0 Å². The lowest BCUT2D eigenvalue weighted by Gasteiger charge is -2.16. The molecule has 2 aromatic carbocycles. The minimum absolute atomic E-state index is 0.0769. The number of anilines is 1. The van der Waals surface area contributed by atoms with E-state index in [0.29, 0.717) is 12.4 Å². The Morgan fingerprint density at radius 3 is 2.73 bits per heavy atom. The molecule has 26 heavy (non-hydrogen) atoms. The van der Waals surface area contributed by atoms with Crippen LogP contribution in [0.5, 0.6) is 5.75 Å². The van der Waals surface area contributed by atoms with Gasteiger partial charge in [0, 0.05) is 17.8 Å². The summed E-state index contributed by atoms with van der Waals surface area (Å²) in [5.74, 6) is 1.22. The molecule has 0 spiro atoms. The number of amides is 1. The maximum Gasteiger partial charge on any atom is 0.238 e. The maximum atomic E-state index is 12.2. The van der Waals surface area contributed by atoms with E-state index in [0.717, 1.165) is 22.6 Å². The monoisotopic (exact) mass is 352 g/mol. The Hall–Kier alpha value is -3.26. The number of aromatic nitrogens is 4. The Labute approximate surface area is 151 Å². The van der Waals surface area contributed by atoms with Gasteiger partial charge in [-0.05, 0) is 48.2 Å². The smallest absolute Gasteiger partial charge is 0.238 e. The van der Waals surface area contributed by atoms with Crippen molar-refractivity contribution in [3.05, 3.63) is 54.1 Å². The Balaban J connectivity index is 1.55. The molecular formula is C18H20N6O2. The van der Waals surface area contributed by atoms with Crippen molar-refractivity contribution in [1.29, 1.82) is 0 Å². The third-order valence-electron chi connectivity index (χ3n) is 3.77. The lowest BCUT2D eigenvalue weighted by atomic mass is 10.1. The van der Waals surface area contributed by atoms with Crippen molar-refractivity contribution in [3.63, 3.8) is 0 Å². The van der Waals surface area contributed by atoms with E-state index in [9.17, 15) is 4.79 Å². The summed E-state index contributed by atoms with van der Waals surface area (Å²) < 4.78 is 5.11. The molecule has 0 radical (unpaired) electrons. The summed E-state index contributed by atoms with van der Waals surface area (Å²) in [5.41, 5.74) is 2.68. The van der Waals surface area contributed by atoms with Gasteiger partial charge in [0.15, 0.2) is 0 Å². The van der Waals surface area contributed by atoms with Gasteiger partial charge in [0.05, 0.1) is 13.7 Å². The van der Waals surface area contributed by atoms with Crippen LogP contribution in [-0.4, -0.2) is 52.1 Å². The van der Waals surface area contributed by atoms with Crippen LogP contribution in [0.25, 0.3) is 11.4 Å². The molecule has 134 valence electrons. The van der Waals surface area contributed by atoms with E-state index in [-0.39, 0.29) is 12.5 Å². The van der Waals surface area contributed by atoms with Gasteiger partial charge in [-0.25, -0.2) is 0 Å². The number of nitrogens with zero attached hydrogens (tertiary/aromatic N) is 4. The second-order valence-corrected chi connectivity index (χ2v) is 5.88. The fourth-order valence-corrected chi connectivity index (χ4v) is 2.58. The first-order valence-electron chi connectivity index (χ1n) is 8.09. The second kappa shape index (κ2) is 8.21. The number of H-pyrrole nitrogens is 1. The summed E-state index contributed by atoms with van der Waals surface area (Å²) in [5, 5.41) is 16.9. The van der Waals surface area contributed by atoms with E-state index in [1.807, 2.05) is 60.5 Å². The average Bonchev–Trinajstić information content (AvgIpc) is 3.17. The standard InChI is InChI=1S/C18H20N6O2/c1-24(12-17(25)19-15-6-8-16(26-2)9-7-15)11-13-4-3-5-14(10-13)18-20-22-23-21-18/h3-10H,11-12H2,1-2H3,(H,19,25)(H,20,21,22,23). The highest BCUT2D eigenvalue weighted by Gasteiger charge is 2.09. The molecule has 3 aromatic rings. The number of rotatable bonds is 7. The third kappa shape index (κ3) is 4.64. The van der Waals surface area contributed by atoms with Crippen LogP contribution in [0.15, 0.2) is 48.5 Å². The van der Waals surface area contributed by atoms with Gasteiger partial charge >= 0.3 is 0 Å². The molecule has 0 aliphatic heterocycles. The van der Waals surface area contributed by atoms with Crippen LogP contribution in [0.2, 0.25) is 0 Å². The Morgan fingerprint density at radius 2 is 2.04 bits per heavy atom. The first-order valence-corrected chi connectivity index (χ1v) is 8.09. The summed E-state index contributed by atoms with van der Waals surface area (Å²) in [6.45, 7) is 0.903. The fraction of sp³-hybridized carbons (Fsp3) is 0.222. The number of nitrogens with one attached hydrogen (secondary N) is 2. The van der Waals surface area contributed by atoms with E-state index in [1.165, 1.54) is 0 Å². The van der Waals surface area contributed by atoms with Gasteiger partial charge < -0.3 is 10.1 Å². The first-order chi connectivity index (χ1) is 12.6. The van der Waals surface area contributed by atoms with Crippen molar-refractivity contribution < 1.29 is 9.53 Å². The number of ether oxygens (including phenoxy) is 1. The molecule has 0 aliphatic carbocycles. The SMILES string of the molecule is COc1ccc(NC(=O)CN(C)Cc2cccc(-c3nn[nH]n3)c2)cc1. The Kier molecular flexibility index (Phi) is 5.55. The van der Waals surface area contributed by atoms with Crippen molar-refractivity contribution in [1.82, 2.24) is 25.5 Å². The zero-order valence-electron chi connectivity index (χ0n) is 14.6. The first kappa shape index (κ1) is 17.6. The van der Waals surface area contributed by atoms with Gasteiger partial charge in [0.25, 0.3) is 0 Å². The minimum Gasteiger partial charge on any atom is -0.497 e. The van der Waals surface area contributed by atoms with E-state index in [1.54, 1.807) is 7.11 Å². The summed E-state index contributed by atoms with van der Waals surface area (Å²) in [7, 11) is 3.50. The van der Waals surface area contributed by atoms with Crippen LogP contribution in [0, 0.1) is 0 Å². The Bertz CT molecular complexity index is 848. The molecule has 0 unspecified atom stereocenters. The zero-order chi connectivity index (χ0) is 18.4. The molecule has 0 atom stereocenters. The van der Waals surface area contributed by atoms with Gasteiger partial charge in [-0.2, -0.15) is 5.21 Å². The molecule has 0 bridgehead atoms. The molecule has 3 rings (SSSR count). The number of hydrogen-bond donors (Lipinski definition) is 2. The van der Waals surface area contributed by atoms with Crippen molar-refractivity contribution in [2.45, 2.75) is 6.54 Å². The lowest BCUT2D eigenvalue weighted by Crippen LogP contribution is -2.29. The highest BCUT2D eigenvalue weighted by molar-refractivity contribution is 5.92. The number of tetrazole rings is 1. The number of benzene rings is 2. The summed E-state index contributed by atoms with van der Waals surface area (Å²) in [6, 6.07) is 15.1. The zero-order valence-corrected chi connectivity index (χ0v) is 14.6. The highest BCUT2D eigenvalue weighted by Crippen LogP contribution is 2.17. The fourth-order valence-electron chi connectivity index (χ4n) is 2.58. The summed E-state index contributed by atoms with van der Waals surface area (Å²) >= 11 is 0. The number of hydrogen-bond acceptors (Lipinski definition) is 6. The predicted molar refractivity (Wildman–Crippen MR) is 97.6 cm³/mol. The molecule has 0 saturated carbocycles. The van der Waals surface area contributed by atoms with Crippen LogP contribution in [0.1, 0.15) is 5.56 Å². The quantitative estimate of drug-likeness (QED) is 0.675. The topological polar surface area (TPSA) is 96.0 Å². The Morgan fingerprint density at radius 1 is 1.23 bits per heavy atom. The summed E-state index contributed by atoms with van der Waals surface area (Å²) in [4.78, 5) is 14.1. The van der Waals surface area contributed by atoms with Gasteiger partial charge in [-0.15, -0.1) is 10.2 Å². The van der Waals surface area contributed by atoms with Crippen molar-refractivity contribution in [2.24, 2.45) is 0 Å². The number of aromatic amines is 1. The van der Waals surface area contributed by atoms with E-state index < -0.39 is 0 Å². The number of likely N-dealkylation sites (N-methyl/N-ethyl adjacent to an activating group) is 1. The minimum atomic E-state index is -0.0769. The van der Waals surface area contributed by atoms with Crippen LogP contribution in [0.3, 0.4) is 0 Å². The molecule has 8 nitrogen and oxygen atoms in total. The number of carbonyl (C=O) groups excluding carboxylic acids is 1. The van der Waals surface area contributed by atoms with Crippen LogP contribution < -0.4 is 10.1 Å². The molecule has 1 aromatic heterocycles. The highest BCUT2D eigenvalue weighted by atomic mass is 16.5. The number of carbonyl (C=O) groups is 1. The van der Waals surface area contributed by atoms with E-state index in [4.69, 9.17) is 4.74 Å². The molecule has 0 saturated heterocycles. The normalized spacial score (nSPS) is 10.7. The predicted octanol–water partition coefficient (Wildman–Crippen LogP) is 1.95. The van der Waals surface area contributed by atoms with Gasteiger partial charge in [0.2, 0.25) is 11.7 Å². The van der Waals surface area contributed by atoms with E-state index in [2.05, 4.69) is 25.9 Å². The molecule has 8 heteroatoms. The molecule has 1 amide bonds.